The van der Waals surface area contributed by atoms with Gasteiger partial charge in [-0.2, -0.15) is 0 Å². The maximum Gasteiger partial charge on any atom is 0.244 e. The summed E-state index contributed by atoms with van der Waals surface area (Å²) in [5.74, 6) is -0.226. The highest BCUT2D eigenvalue weighted by atomic mass is 19.1. The van der Waals surface area contributed by atoms with Gasteiger partial charge in [0.15, 0.2) is 5.75 Å². The lowest BCUT2D eigenvalue weighted by atomic mass is 10.2. The number of hydrogen-bond acceptors (Lipinski definition) is 5. The molecule has 1 N–H and O–H groups in total. The van der Waals surface area contributed by atoms with Gasteiger partial charge in [0.05, 0.1) is 13.3 Å². The molecule has 0 atom stereocenters. The van der Waals surface area contributed by atoms with Gasteiger partial charge in [0, 0.05) is 55.9 Å². The van der Waals surface area contributed by atoms with E-state index in [0.29, 0.717) is 6.54 Å². The normalized spacial score (nSPS) is 14.1. The van der Waals surface area contributed by atoms with Crippen molar-refractivity contribution in [2.45, 2.75) is 20.0 Å². The zero-order valence-electron chi connectivity index (χ0n) is 19.5. The SMILES string of the molecule is COc1cn(CC(=O)Nc2ccc(C)cc2)c(CN2CCN(c3ccc(F)cc3)CC2)cc1=O. The summed E-state index contributed by atoms with van der Waals surface area (Å²) in [4.78, 5) is 29.6. The number of nitrogens with one attached hydrogen (secondary N) is 1. The Kier molecular flexibility index (Phi) is 7.27. The second kappa shape index (κ2) is 10.5. The van der Waals surface area contributed by atoms with E-state index in [-0.39, 0.29) is 29.4 Å². The average molecular weight is 465 g/mol. The number of methoxy groups -OCH3 is 1. The largest absolute Gasteiger partial charge is 0.491 e. The van der Waals surface area contributed by atoms with Crippen LogP contribution < -0.4 is 20.4 Å². The molecule has 0 unspecified atom stereocenters. The molecule has 0 bridgehead atoms. The van der Waals surface area contributed by atoms with E-state index in [1.807, 2.05) is 31.2 Å². The molecule has 34 heavy (non-hydrogen) atoms. The Balaban J connectivity index is 1.44. The molecule has 1 amide bonds. The van der Waals surface area contributed by atoms with E-state index in [1.54, 1.807) is 29.0 Å². The van der Waals surface area contributed by atoms with Gasteiger partial charge in [-0.25, -0.2) is 4.39 Å². The summed E-state index contributed by atoms with van der Waals surface area (Å²) in [6, 6.07) is 15.7. The van der Waals surface area contributed by atoms with Gasteiger partial charge in [-0.05, 0) is 43.3 Å². The van der Waals surface area contributed by atoms with Crippen molar-refractivity contribution in [1.82, 2.24) is 9.47 Å². The smallest absolute Gasteiger partial charge is 0.244 e. The van der Waals surface area contributed by atoms with Crippen LogP contribution in [-0.2, 0) is 17.9 Å². The van der Waals surface area contributed by atoms with Crippen LogP contribution in [-0.4, -0.2) is 48.7 Å². The maximum atomic E-state index is 13.2. The van der Waals surface area contributed by atoms with Crippen molar-refractivity contribution < 1.29 is 13.9 Å². The average Bonchev–Trinajstić information content (AvgIpc) is 2.83. The molecule has 3 aromatic rings. The number of amides is 1. The first-order valence-corrected chi connectivity index (χ1v) is 11.3. The van der Waals surface area contributed by atoms with E-state index in [0.717, 1.165) is 48.8 Å². The summed E-state index contributed by atoms with van der Waals surface area (Å²) in [5, 5.41) is 2.90. The zero-order chi connectivity index (χ0) is 24.1. The highest BCUT2D eigenvalue weighted by Crippen LogP contribution is 2.18. The van der Waals surface area contributed by atoms with E-state index in [2.05, 4.69) is 15.1 Å². The molecule has 2 heterocycles. The predicted octanol–water partition coefficient (Wildman–Crippen LogP) is 3.27. The molecule has 2 aromatic carbocycles. The number of aryl methyl sites for hydroxylation is 1. The minimum Gasteiger partial charge on any atom is -0.491 e. The summed E-state index contributed by atoms with van der Waals surface area (Å²) >= 11 is 0. The second-order valence-corrected chi connectivity index (χ2v) is 8.48. The fourth-order valence-corrected chi connectivity index (χ4v) is 4.07. The number of pyridine rings is 1. The number of carbonyl (C=O) groups is 1. The van der Waals surface area contributed by atoms with E-state index in [1.165, 1.54) is 19.2 Å². The Morgan fingerprint density at radius 3 is 2.35 bits per heavy atom. The summed E-state index contributed by atoms with van der Waals surface area (Å²) in [5.41, 5.74) is 3.37. The highest BCUT2D eigenvalue weighted by Gasteiger charge is 2.20. The van der Waals surface area contributed by atoms with Crippen molar-refractivity contribution in [1.29, 1.82) is 0 Å². The van der Waals surface area contributed by atoms with Crippen molar-refractivity contribution in [2.75, 3.05) is 43.5 Å². The van der Waals surface area contributed by atoms with Crippen molar-refractivity contribution in [3.8, 4) is 5.75 Å². The Morgan fingerprint density at radius 1 is 1.03 bits per heavy atom. The fraction of sp³-hybridized carbons (Fsp3) is 0.308. The van der Waals surface area contributed by atoms with E-state index in [4.69, 9.17) is 4.74 Å². The van der Waals surface area contributed by atoms with Crippen LogP contribution in [0.25, 0.3) is 0 Å². The third kappa shape index (κ3) is 5.82. The monoisotopic (exact) mass is 464 g/mol. The number of halogens is 1. The van der Waals surface area contributed by atoms with E-state index in [9.17, 15) is 14.0 Å². The molecule has 0 saturated carbocycles. The van der Waals surface area contributed by atoms with Crippen LogP contribution in [0.15, 0.2) is 65.6 Å². The van der Waals surface area contributed by atoms with Gasteiger partial charge in [-0.3, -0.25) is 14.5 Å². The fourth-order valence-electron chi connectivity index (χ4n) is 4.07. The quantitative estimate of drug-likeness (QED) is 0.582. The number of rotatable bonds is 7. The first-order valence-electron chi connectivity index (χ1n) is 11.3. The standard InChI is InChI=1S/C26H29FN4O3/c1-19-3-7-21(8-4-19)28-26(33)18-31-17-25(34-2)24(32)15-23(31)16-29-11-13-30(14-12-29)22-9-5-20(27)6-10-22/h3-10,15,17H,11-14,16,18H2,1-2H3,(H,28,33). The van der Waals surface area contributed by atoms with E-state index >= 15 is 0 Å². The third-order valence-corrected chi connectivity index (χ3v) is 6.00. The van der Waals surface area contributed by atoms with Crippen LogP contribution in [0.4, 0.5) is 15.8 Å². The first-order chi connectivity index (χ1) is 16.4. The summed E-state index contributed by atoms with van der Waals surface area (Å²) < 4.78 is 20.2. The molecule has 4 rings (SSSR count). The van der Waals surface area contributed by atoms with Crippen molar-refractivity contribution in [3.63, 3.8) is 0 Å². The summed E-state index contributed by atoms with van der Waals surface area (Å²) in [6.45, 7) is 5.74. The molecule has 8 heteroatoms. The Bertz CT molecular complexity index is 1180. The van der Waals surface area contributed by atoms with E-state index < -0.39 is 0 Å². The predicted molar refractivity (Wildman–Crippen MR) is 131 cm³/mol. The Labute approximate surface area is 198 Å². The molecule has 7 nitrogen and oxygen atoms in total. The third-order valence-electron chi connectivity index (χ3n) is 6.00. The minimum atomic E-state index is -0.244. The van der Waals surface area contributed by atoms with Crippen molar-refractivity contribution >= 4 is 17.3 Å². The Morgan fingerprint density at radius 2 is 1.71 bits per heavy atom. The number of benzene rings is 2. The lowest BCUT2D eigenvalue weighted by molar-refractivity contribution is -0.116. The lowest BCUT2D eigenvalue weighted by Gasteiger charge is -2.36. The van der Waals surface area contributed by atoms with Crippen LogP contribution >= 0.6 is 0 Å². The molecular weight excluding hydrogens is 435 g/mol. The molecule has 0 aliphatic carbocycles. The molecule has 0 radical (unpaired) electrons. The van der Waals surface area contributed by atoms with Gasteiger partial charge >= 0.3 is 0 Å². The van der Waals surface area contributed by atoms with Crippen LogP contribution in [0.1, 0.15) is 11.3 Å². The maximum absolute atomic E-state index is 13.2. The van der Waals surface area contributed by atoms with Crippen LogP contribution in [0.2, 0.25) is 0 Å². The summed E-state index contributed by atoms with van der Waals surface area (Å²) in [6.07, 6.45) is 1.60. The number of aromatic nitrogens is 1. The van der Waals surface area contributed by atoms with Crippen molar-refractivity contribution in [3.05, 3.63) is 88.1 Å². The number of carbonyl (C=O) groups excluding carboxylic acids is 1. The van der Waals surface area contributed by atoms with Crippen LogP contribution in [0, 0.1) is 12.7 Å². The topological polar surface area (TPSA) is 66.8 Å². The van der Waals surface area contributed by atoms with Crippen molar-refractivity contribution in [2.24, 2.45) is 0 Å². The number of piperazine rings is 1. The molecule has 1 aliphatic heterocycles. The van der Waals surface area contributed by atoms with Gasteiger partial charge in [0.25, 0.3) is 0 Å². The number of ether oxygens (including phenoxy) is 1. The Hall–Kier alpha value is -3.65. The molecular formula is C26H29FN4O3. The molecule has 1 aromatic heterocycles. The van der Waals surface area contributed by atoms with Gasteiger partial charge in [-0.15, -0.1) is 0 Å². The minimum absolute atomic E-state index is 0.0649. The number of anilines is 2. The first kappa shape index (κ1) is 23.5. The zero-order valence-corrected chi connectivity index (χ0v) is 19.5. The second-order valence-electron chi connectivity index (χ2n) is 8.48. The van der Waals surface area contributed by atoms with Crippen LogP contribution in [0.3, 0.4) is 0 Å². The van der Waals surface area contributed by atoms with Gasteiger partial charge in [-0.1, -0.05) is 17.7 Å². The molecule has 1 saturated heterocycles. The number of hydrogen-bond donors (Lipinski definition) is 1. The van der Waals surface area contributed by atoms with Gasteiger partial charge in [0.1, 0.15) is 12.4 Å². The highest BCUT2D eigenvalue weighted by molar-refractivity contribution is 5.90. The van der Waals surface area contributed by atoms with Gasteiger partial charge in [0.2, 0.25) is 11.3 Å². The molecule has 1 aliphatic rings. The van der Waals surface area contributed by atoms with Gasteiger partial charge < -0.3 is 19.5 Å². The van der Waals surface area contributed by atoms with Crippen LogP contribution in [0.5, 0.6) is 5.75 Å². The molecule has 0 spiro atoms. The summed E-state index contributed by atoms with van der Waals surface area (Å²) in [7, 11) is 1.45. The molecule has 178 valence electrons. The lowest BCUT2D eigenvalue weighted by Crippen LogP contribution is -2.46. The molecule has 1 fully saturated rings. The number of nitrogens with zero attached hydrogens (tertiary/aromatic N) is 3.